The molecular weight excluding hydrogens is 524 g/mol. The Morgan fingerprint density at radius 1 is 0.850 bits per heavy atom. The minimum absolute atomic E-state index is 0.292. The second-order valence-corrected chi connectivity index (χ2v) is 10.7. The van der Waals surface area contributed by atoms with Gasteiger partial charge in [0.2, 0.25) is 11.8 Å². The SMILES string of the molecule is Nc1ccccc1C(=O)N/N=C\C12c3ccccc3C(c3ccccc31)[C@H]1C(=O)N(c3ccccc3Cl)C(=O)[C@@H]12. The summed E-state index contributed by atoms with van der Waals surface area (Å²) in [5, 5.41) is 4.74. The summed E-state index contributed by atoms with van der Waals surface area (Å²) in [5.41, 5.74) is 12.2. The van der Waals surface area contributed by atoms with Crippen LogP contribution in [0.4, 0.5) is 11.4 Å². The van der Waals surface area contributed by atoms with Crippen LogP contribution in [0.25, 0.3) is 0 Å². The van der Waals surface area contributed by atoms with E-state index in [1.807, 2.05) is 48.5 Å². The van der Waals surface area contributed by atoms with Crippen molar-refractivity contribution in [2.24, 2.45) is 16.9 Å². The van der Waals surface area contributed by atoms with E-state index in [1.165, 1.54) is 4.90 Å². The Hall–Kier alpha value is -4.75. The molecule has 196 valence electrons. The monoisotopic (exact) mass is 546 g/mol. The zero-order valence-electron chi connectivity index (χ0n) is 21.1. The fourth-order valence-corrected chi connectivity index (χ4v) is 7.10. The number of benzene rings is 4. The minimum Gasteiger partial charge on any atom is -0.398 e. The van der Waals surface area contributed by atoms with Gasteiger partial charge >= 0.3 is 0 Å². The molecule has 0 saturated carbocycles. The van der Waals surface area contributed by atoms with Gasteiger partial charge in [-0.3, -0.25) is 14.4 Å². The standard InChI is InChI=1S/C32H23ClN4O3/c33-23-14-6-8-16-25(23)37-30(39)27-26-18-9-1-4-12-21(18)32(28(27)31(37)40,22-13-5-2-10-19(22)26)17-35-36-29(38)20-11-3-7-15-24(20)34/h1-17,26-28H,34H2,(H,36,38)/b35-17-/t26?,27-,28-,32?/m1/s1. The number of imide groups is 1. The van der Waals surface area contributed by atoms with Gasteiger partial charge in [0, 0.05) is 17.8 Å². The summed E-state index contributed by atoms with van der Waals surface area (Å²) in [5.74, 6) is -2.87. The number of carbonyl (C=O) groups excluding carboxylic acids is 3. The van der Waals surface area contributed by atoms with Crippen molar-refractivity contribution in [1.29, 1.82) is 0 Å². The van der Waals surface area contributed by atoms with Gasteiger partial charge in [0.15, 0.2) is 0 Å². The van der Waals surface area contributed by atoms with Crippen molar-refractivity contribution in [2.75, 3.05) is 10.6 Å². The summed E-state index contributed by atoms with van der Waals surface area (Å²) in [7, 11) is 0. The Morgan fingerprint density at radius 2 is 1.45 bits per heavy atom. The van der Waals surface area contributed by atoms with Crippen molar-refractivity contribution in [3.05, 3.63) is 130 Å². The van der Waals surface area contributed by atoms with Crippen molar-refractivity contribution in [1.82, 2.24) is 5.43 Å². The van der Waals surface area contributed by atoms with Crippen LogP contribution in [0.2, 0.25) is 5.02 Å². The molecule has 1 heterocycles. The Bertz CT molecular complexity index is 1720. The van der Waals surface area contributed by atoms with Gasteiger partial charge in [-0.1, -0.05) is 84.4 Å². The van der Waals surface area contributed by atoms with Crippen molar-refractivity contribution in [3.63, 3.8) is 0 Å². The quantitative estimate of drug-likeness (QED) is 0.164. The van der Waals surface area contributed by atoms with Crippen LogP contribution in [-0.4, -0.2) is 23.9 Å². The number of carbonyl (C=O) groups is 3. The van der Waals surface area contributed by atoms with Gasteiger partial charge in [0.25, 0.3) is 5.91 Å². The van der Waals surface area contributed by atoms with Crippen LogP contribution >= 0.6 is 11.6 Å². The molecule has 1 fully saturated rings. The molecule has 3 aliphatic carbocycles. The fourth-order valence-electron chi connectivity index (χ4n) is 6.88. The molecule has 4 aromatic rings. The zero-order chi connectivity index (χ0) is 27.6. The Labute approximate surface area is 235 Å². The Morgan fingerprint density at radius 3 is 2.12 bits per heavy atom. The number of rotatable bonds is 4. The first-order valence-corrected chi connectivity index (χ1v) is 13.3. The normalized spacial score (nSPS) is 24.1. The molecule has 7 nitrogen and oxygen atoms in total. The third-order valence-electron chi connectivity index (χ3n) is 8.42. The van der Waals surface area contributed by atoms with Crippen molar-refractivity contribution in [3.8, 4) is 0 Å². The number of para-hydroxylation sites is 2. The molecular formula is C32H23ClN4O3. The van der Waals surface area contributed by atoms with Crippen LogP contribution in [0.1, 0.15) is 38.5 Å². The molecule has 4 aliphatic rings. The number of nitrogens with zero attached hydrogens (tertiary/aromatic N) is 2. The number of amides is 3. The van der Waals surface area contributed by atoms with Gasteiger partial charge in [-0.05, 0) is 46.5 Å². The highest BCUT2D eigenvalue weighted by Crippen LogP contribution is 2.63. The number of hydrogen-bond acceptors (Lipinski definition) is 5. The lowest BCUT2D eigenvalue weighted by atomic mass is 9.47. The van der Waals surface area contributed by atoms with Gasteiger partial charge in [-0.25, -0.2) is 10.3 Å². The molecule has 8 heteroatoms. The fraction of sp³-hybridized carbons (Fsp3) is 0.125. The smallest absolute Gasteiger partial charge is 0.273 e. The van der Waals surface area contributed by atoms with Gasteiger partial charge in [0.1, 0.15) is 0 Å². The first-order chi connectivity index (χ1) is 19.4. The van der Waals surface area contributed by atoms with E-state index in [0.29, 0.717) is 22.0 Å². The summed E-state index contributed by atoms with van der Waals surface area (Å²) in [4.78, 5) is 42.7. The van der Waals surface area contributed by atoms with E-state index in [4.69, 9.17) is 17.3 Å². The molecule has 0 radical (unpaired) electrons. The van der Waals surface area contributed by atoms with Crippen LogP contribution in [-0.2, 0) is 15.0 Å². The molecule has 3 N–H and O–H groups in total. The summed E-state index contributed by atoms with van der Waals surface area (Å²) in [6.45, 7) is 0. The van der Waals surface area contributed by atoms with Crippen LogP contribution in [0.5, 0.6) is 0 Å². The van der Waals surface area contributed by atoms with E-state index < -0.39 is 23.2 Å². The maximum atomic E-state index is 14.4. The summed E-state index contributed by atoms with van der Waals surface area (Å²) < 4.78 is 0. The molecule has 1 saturated heterocycles. The topological polar surface area (TPSA) is 105 Å². The Balaban J connectivity index is 1.42. The molecule has 40 heavy (non-hydrogen) atoms. The van der Waals surface area contributed by atoms with E-state index in [2.05, 4.69) is 10.5 Å². The predicted octanol–water partition coefficient (Wildman–Crippen LogP) is 4.89. The molecule has 2 bridgehead atoms. The molecule has 4 aromatic carbocycles. The molecule has 2 atom stereocenters. The van der Waals surface area contributed by atoms with Gasteiger partial charge in [-0.15, -0.1) is 0 Å². The zero-order valence-corrected chi connectivity index (χ0v) is 21.9. The molecule has 0 unspecified atom stereocenters. The van der Waals surface area contributed by atoms with E-state index in [-0.39, 0.29) is 17.7 Å². The third-order valence-corrected chi connectivity index (χ3v) is 8.74. The average Bonchev–Trinajstić information content (AvgIpc) is 3.24. The number of hydrogen-bond donors (Lipinski definition) is 2. The number of halogens is 1. The van der Waals surface area contributed by atoms with E-state index in [0.717, 1.165) is 22.3 Å². The van der Waals surface area contributed by atoms with E-state index in [1.54, 1.807) is 54.7 Å². The predicted molar refractivity (Wildman–Crippen MR) is 153 cm³/mol. The Kier molecular flexibility index (Phi) is 5.40. The lowest BCUT2D eigenvalue weighted by Crippen LogP contribution is -2.54. The molecule has 0 aromatic heterocycles. The number of nitrogen functional groups attached to an aromatic ring is 1. The van der Waals surface area contributed by atoms with Crippen molar-refractivity contribution in [2.45, 2.75) is 11.3 Å². The van der Waals surface area contributed by atoms with Gasteiger partial charge < -0.3 is 5.73 Å². The molecule has 3 amide bonds. The van der Waals surface area contributed by atoms with Crippen molar-refractivity contribution < 1.29 is 14.4 Å². The molecule has 0 spiro atoms. The van der Waals surface area contributed by atoms with Gasteiger partial charge in [0.05, 0.1) is 33.5 Å². The summed E-state index contributed by atoms with van der Waals surface area (Å²) in [6.07, 6.45) is 1.62. The lowest BCUT2D eigenvalue weighted by Gasteiger charge is -2.52. The minimum atomic E-state index is -1.11. The number of nitrogens with one attached hydrogen (secondary N) is 1. The average molecular weight is 547 g/mol. The molecule has 8 rings (SSSR count). The highest BCUT2D eigenvalue weighted by molar-refractivity contribution is 6.36. The van der Waals surface area contributed by atoms with E-state index in [9.17, 15) is 14.4 Å². The largest absolute Gasteiger partial charge is 0.398 e. The van der Waals surface area contributed by atoms with Crippen LogP contribution in [0.3, 0.4) is 0 Å². The summed E-state index contributed by atoms with van der Waals surface area (Å²) in [6, 6.07) is 29.3. The first-order valence-electron chi connectivity index (χ1n) is 13.0. The number of anilines is 2. The van der Waals surface area contributed by atoms with Crippen LogP contribution < -0.4 is 16.1 Å². The number of nitrogens with two attached hydrogens (primary N) is 1. The van der Waals surface area contributed by atoms with Crippen LogP contribution in [0, 0.1) is 11.8 Å². The second-order valence-electron chi connectivity index (χ2n) is 10.3. The number of hydrazone groups is 1. The van der Waals surface area contributed by atoms with Crippen LogP contribution in [0.15, 0.2) is 102 Å². The first kappa shape index (κ1) is 24.3. The maximum absolute atomic E-state index is 14.4. The lowest BCUT2D eigenvalue weighted by molar-refractivity contribution is -0.122. The summed E-state index contributed by atoms with van der Waals surface area (Å²) >= 11 is 6.49. The molecule has 1 aliphatic heterocycles. The van der Waals surface area contributed by atoms with Crippen molar-refractivity contribution >= 4 is 46.9 Å². The maximum Gasteiger partial charge on any atom is 0.273 e. The highest BCUT2D eigenvalue weighted by Gasteiger charge is 2.68. The second kappa shape index (κ2) is 8.89. The van der Waals surface area contributed by atoms with E-state index >= 15 is 0 Å². The van der Waals surface area contributed by atoms with Gasteiger partial charge in [-0.2, -0.15) is 5.10 Å². The third kappa shape index (κ3) is 3.18. The highest BCUT2D eigenvalue weighted by atomic mass is 35.5.